The van der Waals surface area contributed by atoms with Gasteiger partial charge in [-0.25, -0.2) is 0 Å². The second-order valence-corrected chi connectivity index (χ2v) is 7.86. The van der Waals surface area contributed by atoms with Gasteiger partial charge in [0.1, 0.15) is 0 Å². The van der Waals surface area contributed by atoms with Crippen molar-refractivity contribution in [3.05, 3.63) is 52.8 Å². The zero-order valence-electron chi connectivity index (χ0n) is 15.4. The Kier molecular flexibility index (Phi) is 5.23. The predicted molar refractivity (Wildman–Crippen MR) is 98.9 cm³/mol. The van der Waals surface area contributed by atoms with Crippen molar-refractivity contribution in [2.75, 3.05) is 6.54 Å². The molecule has 2 heterocycles. The van der Waals surface area contributed by atoms with Crippen LogP contribution in [0.15, 0.2) is 30.5 Å². The number of hydrogen-bond donors (Lipinski definition) is 2. The summed E-state index contributed by atoms with van der Waals surface area (Å²) in [7, 11) is 0. The second-order valence-electron chi connectivity index (χ2n) is 7.86. The Balaban J connectivity index is 1.51. The molecular formula is C20H28N4O. The van der Waals surface area contributed by atoms with Gasteiger partial charge >= 0.3 is 0 Å². The number of H-pyrrole nitrogens is 1. The first-order chi connectivity index (χ1) is 11.9. The maximum absolute atomic E-state index is 11.7. The first-order valence-electron chi connectivity index (χ1n) is 9.02. The second kappa shape index (κ2) is 7.40. The Morgan fingerprint density at radius 1 is 1.16 bits per heavy atom. The van der Waals surface area contributed by atoms with E-state index >= 15 is 0 Å². The van der Waals surface area contributed by atoms with E-state index in [-0.39, 0.29) is 11.3 Å². The fourth-order valence-corrected chi connectivity index (χ4v) is 3.29. The van der Waals surface area contributed by atoms with Crippen molar-refractivity contribution in [2.45, 2.75) is 58.7 Å². The molecule has 1 fully saturated rings. The van der Waals surface area contributed by atoms with E-state index in [1.165, 1.54) is 22.4 Å². The number of nitrogens with one attached hydrogen (secondary N) is 2. The van der Waals surface area contributed by atoms with Crippen LogP contribution >= 0.6 is 0 Å². The summed E-state index contributed by atoms with van der Waals surface area (Å²) in [5, 5.41) is 10.8. The van der Waals surface area contributed by atoms with Crippen molar-refractivity contribution in [1.29, 1.82) is 0 Å². The molecule has 0 radical (unpaired) electrons. The lowest BCUT2D eigenvalue weighted by Gasteiger charge is -2.18. The van der Waals surface area contributed by atoms with E-state index < -0.39 is 0 Å². The number of benzene rings is 1. The first kappa shape index (κ1) is 17.7. The van der Waals surface area contributed by atoms with Gasteiger partial charge in [-0.1, -0.05) is 45.0 Å². The maximum atomic E-state index is 11.7. The van der Waals surface area contributed by atoms with Gasteiger partial charge in [-0.05, 0) is 17.5 Å². The molecule has 0 unspecified atom stereocenters. The van der Waals surface area contributed by atoms with Crippen LogP contribution in [0.4, 0.5) is 0 Å². The van der Waals surface area contributed by atoms with Crippen molar-refractivity contribution >= 4 is 5.91 Å². The smallest absolute Gasteiger partial charge is 0.222 e. The molecule has 0 atom stereocenters. The number of nitrogens with zero attached hydrogens (tertiary/aromatic N) is 2. The molecule has 1 aliphatic heterocycles. The third-order valence-electron chi connectivity index (χ3n) is 4.68. The number of rotatable bonds is 6. The van der Waals surface area contributed by atoms with E-state index in [2.05, 4.69) is 60.6 Å². The molecule has 0 saturated carbocycles. The van der Waals surface area contributed by atoms with Gasteiger partial charge < -0.3 is 10.2 Å². The molecule has 134 valence electrons. The highest BCUT2D eigenvalue weighted by Crippen LogP contribution is 2.23. The highest BCUT2D eigenvalue weighted by molar-refractivity contribution is 5.78. The van der Waals surface area contributed by atoms with Crippen LogP contribution in [-0.2, 0) is 29.8 Å². The van der Waals surface area contributed by atoms with Gasteiger partial charge in [-0.3, -0.25) is 9.89 Å². The fraction of sp³-hybridized carbons (Fsp3) is 0.500. The summed E-state index contributed by atoms with van der Waals surface area (Å²) in [6.45, 7) is 9.81. The molecule has 2 N–H and O–H groups in total. The van der Waals surface area contributed by atoms with Gasteiger partial charge in [-0.15, -0.1) is 0 Å². The SMILES string of the molecule is CC(C)(C)c1[nH]ncc1CNCc1ccc(CN2CCCC2=O)cc1. The van der Waals surface area contributed by atoms with Crippen LogP contribution < -0.4 is 5.32 Å². The normalized spacial score (nSPS) is 15.2. The standard InChI is InChI=1S/C20H28N4O/c1-20(2,3)19-17(13-22-23-19)12-21-11-15-6-8-16(9-7-15)14-24-10-4-5-18(24)25/h6-9,13,21H,4-5,10-12,14H2,1-3H3,(H,22,23). The average Bonchev–Trinajstić information content (AvgIpc) is 3.18. The van der Waals surface area contributed by atoms with Crippen molar-refractivity contribution in [3.63, 3.8) is 0 Å². The molecule has 1 amide bonds. The predicted octanol–water partition coefficient (Wildman–Crippen LogP) is 3.12. The van der Waals surface area contributed by atoms with Crippen LogP contribution in [0.1, 0.15) is 56.0 Å². The Morgan fingerprint density at radius 2 is 1.88 bits per heavy atom. The molecule has 0 aliphatic carbocycles. The van der Waals surface area contributed by atoms with E-state index in [1.54, 1.807) is 0 Å². The van der Waals surface area contributed by atoms with Gasteiger partial charge in [0.2, 0.25) is 5.91 Å². The lowest BCUT2D eigenvalue weighted by atomic mass is 9.89. The Hall–Kier alpha value is -2.14. The molecule has 3 rings (SSSR count). The highest BCUT2D eigenvalue weighted by atomic mass is 16.2. The Morgan fingerprint density at radius 3 is 2.52 bits per heavy atom. The van der Waals surface area contributed by atoms with Crippen molar-refractivity contribution in [1.82, 2.24) is 20.4 Å². The van der Waals surface area contributed by atoms with Crippen molar-refractivity contribution < 1.29 is 4.79 Å². The Labute approximate surface area is 149 Å². The molecule has 0 spiro atoms. The van der Waals surface area contributed by atoms with Crippen LogP contribution in [0.25, 0.3) is 0 Å². The lowest BCUT2D eigenvalue weighted by molar-refractivity contribution is -0.128. The summed E-state index contributed by atoms with van der Waals surface area (Å²) in [6.07, 6.45) is 3.60. The minimum Gasteiger partial charge on any atom is -0.338 e. The summed E-state index contributed by atoms with van der Waals surface area (Å²) in [5.41, 5.74) is 4.92. The monoisotopic (exact) mass is 340 g/mol. The number of carbonyl (C=O) groups excluding carboxylic acids is 1. The van der Waals surface area contributed by atoms with E-state index in [0.717, 1.165) is 32.6 Å². The van der Waals surface area contributed by atoms with Gasteiger partial charge in [0.05, 0.1) is 6.20 Å². The number of aromatic nitrogens is 2. The first-order valence-corrected chi connectivity index (χ1v) is 9.02. The number of likely N-dealkylation sites (tertiary alicyclic amines) is 1. The summed E-state index contributed by atoms with van der Waals surface area (Å²) in [5.74, 6) is 0.278. The summed E-state index contributed by atoms with van der Waals surface area (Å²) >= 11 is 0. The van der Waals surface area contributed by atoms with Crippen molar-refractivity contribution in [3.8, 4) is 0 Å². The third kappa shape index (κ3) is 4.48. The van der Waals surface area contributed by atoms with E-state index in [0.29, 0.717) is 6.42 Å². The lowest BCUT2D eigenvalue weighted by Crippen LogP contribution is -2.23. The minimum absolute atomic E-state index is 0.0716. The Bertz CT molecular complexity index is 712. The van der Waals surface area contributed by atoms with Crippen LogP contribution in [0.5, 0.6) is 0 Å². The molecular weight excluding hydrogens is 312 g/mol. The molecule has 1 aliphatic rings. The van der Waals surface area contributed by atoms with Crippen LogP contribution in [0.3, 0.4) is 0 Å². The fourth-order valence-electron chi connectivity index (χ4n) is 3.29. The molecule has 1 saturated heterocycles. The molecule has 5 heteroatoms. The zero-order valence-corrected chi connectivity index (χ0v) is 15.4. The summed E-state index contributed by atoms with van der Waals surface area (Å²) in [6, 6.07) is 8.54. The molecule has 2 aromatic rings. The van der Waals surface area contributed by atoms with Gasteiger partial charge in [0.25, 0.3) is 0 Å². The molecule has 25 heavy (non-hydrogen) atoms. The van der Waals surface area contributed by atoms with Gasteiger partial charge in [0.15, 0.2) is 0 Å². The van der Waals surface area contributed by atoms with Crippen LogP contribution in [-0.4, -0.2) is 27.5 Å². The van der Waals surface area contributed by atoms with Gasteiger partial charge in [-0.2, -0.15) is 5.10 Å². The summed E-state index contributed by atoms with van der Waals surface area (Å²) in [4.78, 5) is 13.7. The zero-order chi connectivity index (χ0) is 17.9. The van der Waals surface area contributed by atoms with E-state index in [1.807, 2.05) is 11.1 Å². The molecule has 0 bridgehead atoms. The third-order valence-corrected chi connectivity index (χ3v) is 4.68. The molecule has 5 nitrogen and oxygen atoms in total. The number of hydrogen-bond acceptors (Lipinski definition) is 3. The van der Waals surface area contributed by atoms with Crippen LogP contribution in [0, 0.1) is 0 Å². The quantitative estimate of drug-likeness (QED) is 0.849. The minimum atomic E-state index is 0.0716. The maximum Gasteiger partial charge on any atom is 0.222 e. The largest absolute Gasteiger partial charge is 0.338 e. The molecule has 1 aromatic heterocycles. The number of amides is 1. The summed E-state index contributed by atoms with van der Waals surface area (Å²) < 4.78 is 0. The molecule has 1 aromatic carbocycles. The van der Waals surface area contributed by atoms with E-state index in [9.17, 15) is 4.79 Å². The van der Waals surface area contributed by atoms with Crippen molar-refractivity contribution in [2.24, 2.45) is 0 Å². The van der Waals surface area contributed by atoms with Gasteiger partial charge in [0, 0.05) is 49.3 Å². The topological polar surface area (TPSA) is 61.0 Å². The average molecular weight is 340 g/mol. The van der Waals surface area contributed by atoms with E-state index in [4.69, 9.17) is 0 Å². The number of carbonyl (C=O) groups is 1. The van der Waals surface area contributed by atoms with Crippen LogP contribution in [0.2, 0.25) is 0 Å². The highest BCUT2D eigenvalue weighted by Gasteiger charge is 2.20. The number of aromatic amines is 1.